The third-order valence-corrected chi connectivity index (χ3v) is 3.66. The van der Waals surface area contributed by atoms with Crippen LogP contribution in [0, 0.1) is 0 Å². The van der Waals surface area contributed by atoms with Crippen LogP contribution in [0.4, 0.5) is 70.2 Å². The van der Waals surface area contributed by atoms with E-state index in [2.05, 4.69) is 0 Å². The summed E-state index contributed by atoms with van der Waals surface area (Å²) in [6.45, 7) is 0.264. The molecule has 28 heavy (non-hydrogen) atoms. The van der Waals surface area contributed by atoms with Gasteiger partial charge in [-0.25, -0.2) is 8.78 Å². The first-order chi connectivity index (χ1) is 12.0. The van der Waals surface area contributed by atoms with Crippen LogP contribution in [-0.2, 0) is 0 Å². The molecule has 0 amide bonds. The predicted octanol–water partition coefficient (Wildman–Crippen LogP) is 6.89. The number of hydrogen-bond donors (Lipinski definition) is 0. The van der Waals surface area contributed by atoms with Gasteiger partial charge in [-0.15, -0.1) is 0 Å². The van der Waals surface area contributed by atoms with Gasteiger partial charge < -0.3 is 0 Å². The molecular weight excluding hydrogens is 448 g/mol. The highest BCUT2D eigenvalue weighted by Gasteiger charge is 2.83. The molecule has 0 spiro atoms. The normalized spacial score (nSPS) is 16.1. The lowest BCUT2D eigenvalue weighted by atomic mass is 9.91. The van der Waals surface area contributed by atoms with E-state index in [9.17, 15) is 70.2 Å². The molecule has 0 aliphatic rings. The minimum Gasteiger partial charge on any atom is -0.203 e. The topological polar surface area (TPSA) is 0 Å². The smallest absolute Gasteiger partial charge is 0.203 e. The quantitative estimate of drug-likeness (QED) is 0.313. The molecular formula is C12H10F16. The molecule has 0 aliphatic heterocycles. The summed E-state index contributed by atoms with van der Waals surface area (Å²) in [5.74, 6) is -46.8. The van der Waals surface area contributed by atoms with Gasteiger partial charge in [0.2, 0.25) is 0 Å². The van der Waals surface area contributed by atoms with Crippen molar-refractivity contribution in [3.63, 3.8) is 0 Å². The zero-order valence-corrected chi connectivity index (χ0v) is 13.2. The Kier molecular flexibility index (Phi) is 7.00. The van der Waals surface area contributed by atoms with Crippen LogP contribution in [0.15, 0.2) is 0 Å². The van der Waals surface area contributed by atoms with Crippen molar-refractivity contribution < 1.29 is 70.2 Å². The summed E-state index contributed by atoms with van der Waals surface area (Å²) in [4.78, 5) is 0. The molecule has 0 fully saturated rings. The molecule has 0 atom stereocenters. The minimum atomic E-state index is -7.51. The lowest BCUT2D eigenvalue weighted by Gasteiger charge is -2.37. The molecule has 0 rings (SSSR count). The van der Waals surface area contributed by atoms with Gasteiger partial charge in [-0.1, -0.05) is 6.92 Å². The van der Waals surface area contributed by atoms with E-state index in [1.165, 1.54) is 0 Å². The first-order valence-electron chi connectivity index (χ1n) is 6.89. The number of alkyl halides is 16. The maximum atomic E-state index is 13.2. The second-order valence-electron chi connectivity index (χ2n) is 5.61. The molecule has 0 radical (unpaired) electrons. The monoisotopic (exact) mass is 458 g/mol. The summed E-state index contributed by atoms with van der Waals surface area (Å²) in [5.41, 5.74) is 0. The standard InChI is InChI=1S/C12H10F16/c1-2-6(15,16)10(23,24)7(17,18)3-4-8(19,20)11(25,26)12(27,28)9(21,22)5(13)14/h5H,2-4H2,1H3. The van der Waals surface area contributed by atoms with Gasteiger partial charge in [-0.3, -0.25) is 0 Å². The SMILES string of the molecule is CCC(F)(F)C(F)(F)C(F)(F)CCC(F)(F)C(F)(F)C(F)(F)C(F)(F)C(F)F. The molecule has 0 N–H and O–H groups in total. The molecule has 0 aromatic rings. The van der Waals surface area contributed by atoms with Crippen molar-refractivity contribution in [2.45, 2.75) is 74.1 Å². The van der Waals surface area contributed by atoms with Gasteiger partial charge in [-0.05, 0) is 0 Å². The highest BCUT2D eigenvalue weighted by molar-refractivity contribution is 5.05. The summed E-state index contributed by atoms with van der Waals surface area (Å²) in [6.07, 6.45) is -14.3. The predicted molar refractivity (Wildman–Crippen MR) is 60.2 cm³/mol. The third kappa shape index (κ3) is 3.96. The van der Waals surface area contributed by atoms with Crippen LogP contribution >= 0.6 is 0 Å². The highest BCUT2D eigenvalue weighted by atomic mass is 19.4. The number of hydrogen-bond acceptors (Lipinski definition) is 0. The van der Waals surface area contributed by atoms with Gasteiger partial charge in [0.15, 0.2) is 0 Å². The van der Waals surface area contributed by atoms with Crippen molar-refractivity contribution in [1.29, 1.82) is 0 Å². The lowest BCUT2D eigenvalue weighted by molar-refractivity contribution is -0.386. The van der Waals surface area contributed by atoms with Crippen molar-refractivity contribution in [2.75, 3.05) is 0 Å². The molecule has 0 unspecified atom stereocenters. The molecule has 0 saturated carbocycles. The van der Waals surface area contributed by atoms with E-state index >= 15 is 0 Å². The fourth-order valence-corrected chi connectivity index (χ4v) is 1.69. The summed E-state index contributed by atoms with van der Waals surface area (Å²) in [5, 5.41) is 0. The van der Waals surface area contributed by atoms with Crippen molar-refractivity contribution in [2.24, 2.45) is 0 Å². The fourth-order valence-electron chi connectivity index (χ4n) is 1.69. The maximum absolute atomic E-state index is 13.2. The van der Waals surface area contributed by atoms with E-state index in [0.717, 1.165) is 0 Å². The highest BCUT2D eigenvalue weighted by Crippen LogP contribution is 2.57. The summed E-state index contributed by atoms with van der Waals surface area (Å²) >= 11 is 0. The number of halogens is 16. The molecule has 0 nitrogen and oxygen atoms in total. The van der Waals surface area contributed by atoms with Crippen LogP contribution in [-0.4, -0.2) is 47.9 Å². The Morgan fingerprint density at radius 3 is 1.11 bits per heavy atom. The average Bonchev–Trinajstić information content (AvgIpc) is 2.51. The average molecular weight is 458 g/mol. The molecule has 0 heterocycles. The maximum Gasteiger partial charge on any atom is 0.384 e. The largest absolute Gasteiger partial charge is 0.384 e. The Balaban J connectivity index is 5.82. The van der Waals surface area contributed by atoms with E-state index in [1.807, 2.05) is 0 Å². The van der Waals surface area contributed by atoms with E-state index in [1.54, 1.807) is 0 Å². The van der Waals surface area contributed by atoms with E-state index in [4.69, 9.17) is 0 Å². The summed E-state index contributed by atoms with van der Waals surface area (Å²) < 4.78 is 205. The minimum absolute atomic E-state index is 0.264. The molecule has 16 heteroatoms. The van der Waals surface area contributed by atoms with Crippen molar-refractivity contribution in [3.05, 3.63) is 0 Å². The Labute approximate surface area is 145 Å². The summed E-state index contributed by atoms with van der Waals surface area (Å²) in [7, 11) is 0. The molecule has 0 aromatic heterocycles. The van der Waals surface area contributed by atoms with Crippen LogP contribution in [0.25, 0.3) is 0 Å². The van der Waals surface area contributed by atoms with Crippen LogP contribution in [0.1, 0.15) is 26.2 Å². The Morgan fingerprint density at radius 2 is 0.821 bits per heavy atom. The second-order valence-corrected chi connectivity index (χ2v) is 5.61. The molecule has 0 bridgehead atoms. The molecule has 170 valence electrons. The zero-order valence-electron chi connectivity index (χ0n) is 13.2. The van der Waals surface area contributed by atoms with E-state index in [0.29, 0.717) is 0 Å². The Morgan fingerprint density at radius 1 is 0.500 bits per heavy atom. The van der Waals surface area contributed by atoms with Gasteiger partial charge in [0.1, 0.15) is 0 Å². The van der Waals surface area contributed by atoms with Crippen LogP contribution in [0.2, 0.25) is 0 Å². The van der Waals surface area contributed by atoms with Crippen molar-refractivity contribution >= 4 is 0 Å². The second kappa shape index (κ2) is 7.29. The Bertz CT molecular complexity index is 534. The van der Waals surface area contributed by atoms with Gasteiger partial charge in [0.25, 0.3) is 0 Å². The first-order valence-corrected chi connectivity index (χ1v) is 6.89. The Hall–Kier alpha value is -1.12. The fraction of sp³-hybridized carbons (Fsp3) is 1.00. The van der Waals surface area contributed by atoms with Crippen molar-refractivity contribution in [1.82, 2.24) is 0 Å². The van der Waals surface area contributed by atoms with E-state index < -0.39 is 67.1 Å². The third-order valence-electron chi connectivity index (χ3n) is 3.66. The van der Waals surface area contributed by atoms with Crippen LogP contribution < -0.4 is 0 Å². The van der Waals surface area contributed by atoms with Crippen LogP contribution in [0.5, 0.6) is 0 Å². The van der Waals surface area contributed by atoms with Gasteiger partial charge in [0.05, 0.1) is 0 Å². The lowest BCUT2D eigenvalue weighted by Crippen LogP contribution is -2.64. The summed E-state index contributed by atoms with van der Waals surface area (Å²) in [6, 6.07) is 0. The van der Waals surface area contributed by atoms with Gasteiger partial charge in [0, 0.05) is 19.3 Å². The van der Waals surface area contributed by atoms with Gasteiger partial charge in [-0.2, -0.15) is 61.5 Å². The van der Waals surface area contributed by atoms with Crippen molar-refractivity contribution in [3.8, 4) is 0 Å². The molecule has 0 aromatic carbocycles. The molecule has 0 saturated heterocycles. The molecule has 0 aliphatic carbocycles. The van der Waals surface area contributed by atoms with Crippen LogP contribution in [0.3, 0.4) is 0 Å². The van der Waals surface area contributed by atoms with E-state index in [-0.39, 0.29) is 6.92 Å². The zero-order chi connectivity index (χ0) is 23.2. The van der Waals surface area contributed by atoms with Gasteiger partial charge >= 0.3 is 47.9 Å². The number of rotatable bonds is 10. The first kappa shape index (κ1) is 26.9.